The van der Waals surface area contributed by atoms with E-state index in [1.807, 2.05) is 30.3 Å². The van der Waals surface area contributed by atoms with Crippen molar-refractivity contribution >= 4 is 28.7 Å². The number of carbonyl (C=O) groups excluding carboxylic acids is 2. The molecule has 8 nitrogen and oxygen atoms in total. The lowest BCUT2D eigenvalue weighted by atomic mass is 10.0. The number of hydrogen-bond donors (Lipinski definition) is 1. The maximum Gasteiger partial charge on any atom is 0.412 e. The Kier molecular flexibility index (Phi) is 6.55. The summed E-state index contributed by atoms with van der Waals surface area (Å²) in [6.07, 6.45) is -1.25. The molecule has 184 valence electrons. The standard InChI is InChI=1S/C27H23FN2O6/c28-19-8-6-18(7-9-19)25-24(26(31)36-27(29)32)20-14-23(34-16-17-4-2-1-3-5-17)21(15-22(20)35-25)30-10-12-33-13-11-30/h1-9,14-15H,10-13,16H2,(H2,29,32). The average Bonchev–Trinajstić information content (AvgIpc) is 3.26. The van der Waals surface area contributed by atoms with E-state index in [1.54, 1.807) is 12.1 Å². The zero-order valence-corrected chi connectivity index (χ0v) is 19.2. The zero-order chi connectivity index (χ0) is 25.1. The van der Waals surface area contributed by atoms with Gasteiger partial charge in [-0.2, -0.15) is 0 Å². The van der Waals surface area contributed by atoms with Gasteiger partial charge in [-0.05, 0) is 35.9 Å². The molecular formula is C27H23FN2O6. The summed E-state index contributed by atoms with van der Waals surface area (Å²) in [5, 5.41) is 0.376. The minimum atomic E-state index is -1.25. The molecule has 0 atom stereocenters. The number of anilines is 1. The van der Waals surface area contributed by atoms with Crippen LogP contribution in [-0.2, 0) is 16.1 Å². The zero-order valence-electron chi connectivity index (χ0n) is 19.2. The van der Waals surface area contributed by atoms with E-state index in [0.29, 0.717) is 55.2 Å². The first kappa shape index (κ1) is 23.4. The number of nitrogens with zero attached hydrogens (tertiary/aromatic N) is 1. The van der Waals surface area contributed by atoms with E-state index in [9.17, 15) is 14.0 Å². The number of esters is 1. The van der Waals surface area contributed by atoms with Crippen LogP contribution in [0.5, 0.6) is 5.75 Å². The lowest BCUT2D eigenvalue weighted by molar-refractivity contribution is 0.0640. The number of halogens is 1. The number of rotatable bonds is 6. The number of benzene rings is 3. The predicted molar refractivity (Wildman–Crippen MR) is 130 cm³/mol. The highest BCUT2D eigenvalue weighted by Gasteiger charge is 2.28. The Labute approximate surface area is 205 Å². The number of furan rings is 1. The van der Waals surface area contributed by atoms with Gasteiger partial charge in [-0.15, -0.1) is 0 Å². The largest absolute Gasteiger partial charge is 0.487 e. The molecule has 1 aliphatic heterocycles. The molecule has 0 spiro atoms. The van der Waals surface area contributed by atoms with Crippen molar-refractivity contribution in [2.24, 2.45) is 5.73 Å². The monoisotopic (exact) mass is 490 g/mol. The van der Waals surface area contributed by atoms with Gasteiger partial charge in [0.15, 0.2) is 0 Å². The smallest absolute Gasteiger partial charge is 0.412 e. The highest BCUT2D eigenvalue weighted by Crippen LogP contribution is 2.41. The van der Waals surface area contributed by atoms with Crippen molar-refractivity contribution in [1.29, 1.82) is 0 Å². The number of hydrogen-bond acceptors (Lipinski definition) is 7. The molecule has 3 aromatic carbocycles. The van der Waals surface area contributed by atoms with Crippen LogP contribution in [0, 0.1) is 5.82 Å². The molecule has 36 heavy (non-hydrogen) atoms. The fourth-order valence-electron chi connectivity index (χ4n) is 4.16. The van der Waals surface area contributed by atoms with E-state index in [4.69, 9.17) is 24.4 Å². The van der Waals surface area contributed by atoms with Crippen molar-refractivity contribution in [1.82, 2.24) is 0 Å². The van der Waals surface area contributed by atoms with Crippen molar-refractivity contribution < 1.29 is 32.6 Å². The van der Waals surface area contributed by atoms with Crippen LogP contribution in [0.2, 0.25) is 0 Å². The van der Waals surface area contributed by atoms with Crippen LogP contribution in [0.25, 0.3) is 22.3 Å². The number of amides is 1. The molecule has 2 N–H and O–H groups in total. The maximum atomic E-state index is 13.6. The van der Waals surface area contributed by atoms with Crippen LogP contribution in [0.3, 0.4) is 0 Å². The molecule has 1 fully saturated rings. The van der Waals surface area contributed by atoms with E-state index in [2.05, 4.69) is 4.90 Å². The van der Waals surface area contributed by atoms with Gasteiger partial charge in [0.2, 0.25) is 0 Å². The van der Waals surface area contributed by atoms with Gasteiger partial charge < -0.3 is 29.3 Å². The second-order valence-corrected chi connectivity index (χ2v) is 8.21. The SMILES string of the molecule is NC(=O)OC(=O)c1c(-c2ccc(F)cc2)oc2cc(N3CCOCC3)c(OCc3ccccc3)cc12. The average molecular weight is 490 g/mol. The van der Waals surface area contributed by atoms with Gasteiger partial charge in [-0.3, -0.25) is 0 Å². The number of ether oxygens (including phenoxy) is 3. The van der Waals surface area contributed by atoms with Crippen LogP contribution in [0.4, 0.5) is 14.9 Å². The Balaban J connectivity index is 1.65. The lowest BCUT2D eigenvalue weighted by Crippen LogP contribution is -2.36. The van der Waals surface area contributed by atoms with E-state index >= 15 is 0 Å². The molecule has 1 aliphatic rings. The van der Waals surface area contributed by atoms with E-state index in [0.717, 1.165) is 11.3 Å². The summed E-state index contributed by atoms with van der Waals surface area (Å²) in [5.41, 5.74) is 7.66. The Hall–Kier alpha value is -4.37. The van der Waals surface area contributed by atoms with Crippen molar-refractivity contribution in [3.05, 3.63) is 83.7 Å². The van der Waals surface area contributed by atoms with Gasteiger partial charge in [0.25, 0.3) is 0 Å². The Morgan fingerprint density at radius 1 is 1.00 bits per heavy atom. The Morgan fingerprint density at radius 2 is 1.72 bits per heavy atom. The summed E-state index contributed by atoms with van der Waals surface area (Å²) >= 11 is 0. The van der Waals surface area contributed by atoms with Gasteiger partial charge in [-0.25, -0.2) is 14.0 Å². The van der Waals surface area contributed by atoms with Gasteiger partial charge in [0.05, 0.1) is 18.9 Å². The molecule has 0 unspecified atom stereocenters. The van der Waals surface area contributed by atoms with E-state index in [1.165, 1.54) is 24.3 Å². The molecule has 5 rings (SSSR count). The molecular weight excluding hydrogens is 467 g/mol. The number of nitrogens with two attached hydrogens (primary N) is 1. The summed E-state index contributed by atoms with van der Waals surface area (Å²) in [4.78, 5) is 26.4. The Bertz CT molecular complexity index is 1400. The normalized spacial score (nSPS) is 13.5. The van der Waals surface area contributed by atoms with E-state index in [-0.39, 0.29) is 11.3 Å². The fourth-order valence-corrected chi connectivity index (χ4v) is 4.16. The summed E-state index contributed by atoms with van der Waals surface area (Å²) in [6.45, 7) is 2.72. The van der Waals surface area contributed by atoms with Crippen LogP contribution < -0.4 is 15.4 Å². The first-order valence-electron chi connectivity index (χ1n) is 11.4. The van der Waals surface area contributed by atoms with Crippen molar-refractivity contribution in [2.75, 3.05) is 31.2 Å². The first-order valence-corrected chi connectivity index (χ1v) is 11.4. The quantitative estimate of drug-likeness (QED) is 0.303. The second kappa shape index (κ2) is 10.1. The molecule has 4 aromatic rings. The van der Waals surface area contributed by atoms with Crippen molar-refractivity contribution in [2.45, 2.75) is 6.61 Å². The number of primary amides is 1. The molecule has 1 saturated heterocycles. The number of carbonyl (C=O) groups is 2. The predicted octanol–water partition coefficient (Wildman–Crippen LogP) is 4.89. The lowest BCUT2D eigenvalue weighted by Gasteiger charge is -2.30. The van der Waals surface area contributed by atoms with Crippen molar-refractivity contribution in [3.8, 4) is 17.1 Å². The molecule has 0 saturated carbocycles. The second-order valence-electron chi connectivity index (χ2n) is 8.21. The topological polar surface area (TPSA) is 104 Å². The molecule has 1 aromatic heterocycles. The minimum absolute atomic E-state index is 0.00602. The third kappa shape index (κ3) is 4.87. The maximum absolute atomic E-state index is 13.6. The number of morpholine rings is 1. The van der Waals surface area contributed by atoms with Gasteiger partial charge in [0, 0.05) is 30.1 Å². The van der Waals surface area contributed by atoms with Gasteiger partial charge in [0.1, 0.15) is 35.1 Å². The molecule has 1 amide bonds. The minimum Gasteiger partial charge on any atom is -0.487 e. The fraction of sp³-hybridized carbons (Fsp3) is 0.185. The third-order valence-electron chi connectivity index (χ3n) is 5.86. The summed E-state index contributed by atoms with van der Waals surface area (Å²) in [5.74, 6) is -0.770. The van der Waals surface area contributed by atoms with Crippen LogP contribution >= 0.6 is 0 Å². The third-order valence-corrected chi connectivity index (χ3v) is 5.86. The van der Waals surface area contributed by atoms with Crippen LogP contribution in [-0.4, -0.2) is 38.4 Å². The van der Waals surface area contributed by atoms with Gasteiger partial charge in [-0.1, -0.05) is 30.3 Å². The summed E-state index contributed by atoms with van der Waals surface area (Å²) in [7, 11) is 0. The highest BCUT2D eigenvalue weighted by atomic mass is 19.1. The first-order chi connectivity index (χ1) is 17.5. The molecule has 2 heterocycles. The van der Waals surface area contributed by atoms with Gasteiger partial charge >= 0.3 is 12.1 Å². The van der Waals surface area contributed by atoms with E-state index < -0.39 is 17.9 Å². The van der Waals surface area contributed by atoms with Crippen LogP contribution in [0.15, 0.2) is 71.1 Å². The highest BCUT2D eigenvalue weighted by molar-refractivity contribution is 6.12. The van der Waals surface area contributed by atoms with Crippen LogP contribution in [0.1, 0.15) is 15.9 Å². The number of fused-ring (bicyclic) bond motifs is 1. The summed E-state index contributed by atoms with van der Waals surface area (Å²) in [6, 6.07) is 18.6. The molecule has 0 bridgehead atoms. The molecule has 0 aliphatic carbocycles. The van der Waals surface area contributed by atoms with Crippen molar-refractivity contribution in [3.63, 3.8) is 0 Å². The Morgan fingerprint density at radius 3 is 2.42 bits per heavy atom. The summed E-state index contributed by atoms with van der Waals surface area (Å²) < 4.78 is 36.1. The molecule has 0 radical (unpaired) electrons. The molecule has 9 heteroatoms.